The first-order valence-corrected chi connectivity index (χ1v) is 7.02. The second-order valence-corrected chi connectivity index (χ2v) is 4.67. The van der Waals surface area contributed by atoms with Crippen LogP contribution >= 0.6 is 11.8 Å². The Morgan fingerprint density at radius 2 is 2.00 bits per heavy atom. The van der Waals surface area contributed by atoms with E-state index in [0.717, 1.165) is 25.4 Å². The highest BCUT2D eigenvalue weighted by molar-refractivity contribution is 7.98. The lowest BCUT2D eigenvalue weighted by atomic mass is 10.2. The van der Waals surface area contributed by atoms with Crippen molar-refractivity contribution < 1.29 is 4.79 Å². The maximum atomic E-state index is 11.6. The normalized spacial score (nSPS) is 12.5. The van der Waals surface area contributed by atoms with Crippen LogP contribution in [-0.2, 0) is 4.79 Å². The van der Waals surface area contributed by atoms with Gasteiger partial charge < -0.3 is 10.2 Å². The van der Waals surface area contributed by atoms with Crippen LogP contribution in [0.15, 0.2) is 0 Å². The molecule has 0 spiro atoms. The number of thioether (sulfide) groups is 1. The third-order valence-corrected chi connectivity index (χ3v) is 3.24. The zero-order chi connectivity index (χ0) is 11.7. The molecule has 0 aliphatic carbocycles. The summed E-state index contributed by atoms with van der Waals surface area (Å²) in [6.07, 6.45) is 2.11. The average molecular weight is 232 g/mol. The van der Waals surface area contributed by atoms with Crippen molar-refractivity contribution >= 4 is 17.7 Å². The van der Waals surface area contributed by atoms with E-state index < -0.39 is 0 Å². The first kappa shape index (κ1) is 14.8. The Morgan fingerprint density at radius 3 is 2.47 bits per heavy atom. The molecule has 15 heavy (non-hydrogen) atoms. The van der Waals surface area contributed by atoms with Crippen LogP contribution in [0.2, 0.25) is 0 Å². The molecule has 0 rings (SSSR count). The minimum absolute atomic E-state index is 0.205. The number of hydrogen-bond acceptors (Lipinski definition) is 3. The van der Waals surface area contributed by atoms with E-state index in [0.29, 0.717) is 12.5 Å². The lowest BCUT2D eigenvalue weighted by Gasteiger charge is -2.19. The minimum atomic E-state index is 0.205. The van der Waals surface area contributed by atoms with E-state index in [1.165, 1.54) is 0 Å². The van der Waals surface area contributed by atoms with Gasteiger partial charge in [-0.15, -0.1) is 0 Å². The minimum Gasteiger partial charge on any atom is -0.342 e. The van der Waals surface area contributed by atoms with E-state index in [4.69, 9.17) is 0 Å². The zero-order valence-electron chi connectivity index (χ0n) is 10.4. The number of rotatable bonds is 8. The molecule has 0 aliphatic rings. The van der Waals surface area contributed by atoms with E-state index in [2.05, 4.69) is 18.5 Å². The number of nitrogens with zero attached hydrogens (tertiary/aromatic N) is 1. The highest BCUT2D eigenvalue weighted by atomic mass is 32.2. The summed E-state index contributed by atoms with van der Waals surface area (Å²) in [6, 6.07) is 0. The highest BCUT2D eigenvalue weighted by Gasteiger charge is 2.09. The molecular formula is C11H24N2OS. The fourth-order valence-corrected chi connectivity index (χ4v) is 2.14. The molecule has 0 heterocycles. The summed E-state index contributed by atoms with van der Waals surface area (Å²) in [5, 5.41) is 3.21. The van der Waals surface area contributed by atoms with Crippen LogP contribution in [-0.4, -0.2) is 49.0 Å². The van der Waals surface area contributed by atoms with Gasteiger partial charge in [0.25, 0.3) is 0 Å². The predicted molar refractivity (Wildman–Crippen MR) is 68.3 cm³/mol. The van der Waals surface area contributed by atoms with E-state index in [1.54, 1.807) is 0 Å². The van der Waals surface area contributed by atoms with Gasteiger partial charge in [0.1, 0.15) is 0 Å². The first-order chi connectivity index (χ1) is 7.15. The monoisotopic (exact) mass is 232 g/mol. The van der Waals surface area contributed by atoms with Crippen LogP contribution in [0, 0.1) is 5.92 Å². The molecule has 1 N–H and O–H groups in total. The van der Waals surface area contributed by atoms with Crippen LogP contribution < -0.4 is 5.32 Å². The van der Waals surface area contributed by atoms with Gasteiger partial charge in [0, 0.05) is 13.1 Å². The summed E-state index contributed by atoms with van der Waals surface area (Å²) in [6.45, 7) is 9.23. The second-order valence-electron chi connectivity index (χ2n) is 3.76. The van der Waals surface area contributed by atoms with Gasteiger partial charge in [0.05, 0.1) is 6.54 Å². The Labute approximate surface area is 98.0 Å². The first-order valence-electron chi connectivity index (χ1n) is 5.63. The quantitative estimate of drug-likeness (QED) is 0.687. The topological polar surface area (TPSA) is 32.3 Å². The van der Waals surface area contributed by atoms with Gasteiger partial charge in [-0.1, -0.05) is 6.92 Å². The molecule has 1 unspecified atom stereocenters. The molecule has 3 nitrogen and oxygen atoms in total. The Bertz CT molecular complexity index is 172. The molecule has 0 aromatic rings. The summed E-state index contributed by atoms with van der Waals surface area (Å²) < 4.78 is 0. The summed E-state index contributed by atoms with van der Waals surface area (Å²) in [7, 11) is 0. The molecule has 0 aliphatic heterocycles. The largest absolute Gasteiger partial charge is 0.342 e. The van der Waals surface area contributed by atoms with Gasteiger partial charge >= 0.3 is 0 Å². The maximum Gasteiger partial charge on any atom is 0.236 e. The van der Waals surface area contributed by atoms with Crippen LogP contribution in [0.3, 0.4) is 0 Å². The lowest BCUT2D eigenvalue weighted by Crippen LogP contribution is -2.39. The van der Waals surface area contributed by atoms with E-state index in [-0.39, 0.29) is 5.91 Å². The molecule has 0 aromatic heterocycles. The van der Waals surface area contributed by atoms with Gasteiger partial charge in [0.15, 0.2) is 0 Å². The second kappa shape index (κ2) is 9.04. The predicted octanol–water partition coefficient (Wildman–Crippen LogP) is 1.44. The fraction of sp³-hybridized carbons (Fsp3) is 0.909. The third-order valence-electron chi connectivity index (χ3n) is 2.34. The molecule has 0 aromatic carbocycles. The van der Waals surface area contributed by atoms with Crippen LogP contribution in [0.4, 0.5) is 0 Å². The Balaban J connectivity index is 3.62. The summed E-state index contributed by atoms with van der Waals surface area (Å²) in [5.74, 6) is 1.98. The maximum absolute atomic E-state index is 11.6. The Morgan fingerprint density at radius 1 is 1.40 bits per heavy atom. The van der Waals surface area contributed by atoms with Crippen molar-refractivity contribution in [2.75, 3.05) is 38.2 Å². The van der Waals surface area contributed by atoms with E-state index in [9.17, 15) is 4.79 Å². The molecule has 1 amide bonds. The number of hydrogen-bond donors (Lipinski definition) is 1. The number of carbonyl (C=O) groups excluding carboxylic acids is 1. The third kappa shape index (κ3) is 6.79. The van der Waals surface area contributed by atoms with Crippen LogP contribution in [0.1, 0.15) is 20.8 Å². The van der Waals surface area contributed by atoms with Gasteiger partial charge in [-0.05, 0) is 38.3 Å². The Kier molecular flexibility index (Phi) is 8.91. The standard InChI is InChI=1S/C11H24N2OS/c1-5-13(6-2)11(14)8-12-7-10(3)9-15-4/h10,12H,5-9H2,1-4H3. The van der Waals surface area contributed by atoms with Gasteiger partial charge in [-0.25, -0.2) is 0 Å². The van der Waals surface area contributed by atoms with Gasteiger partial charge in [-0.3, -0.25) is 4.79 Å². The fourth-order valence-electron chi connectivity index (χ4n) is 1.46. The summed E-state index contributed by atoms with van der Waals surface area (Å²) in [4.78, 5) is 13.5. The van der Waals surface area contributed by atoms with E-state index >= 15 is 0 Å². The molecule has 4 heteroatoms. The molecule has 0 saturated carbocycles. The summed E-state index contributed by atoms with van der Waals surface area (Å²) >= 11 is 1.85. The SMILES string of the molecule is CCN(CC)C(=O)CNCC(C)CSC. The highest BCUT2D eigenvalue weighted by Crippen LogP contribution is 2.02. The van der Waals surface area contributed by atoms with Crippen LogP contribution in [0.25, 0.3) is 0 Å². The molecule has 0 saturated heterocycles. The lowest BCUT2D eigenvalue weighted by molar-refractivity contribution is -0.129. The van der Waals surface area contributed by atoms with Crippen molar-refractivity contribution in [3.05, 3.63) is 0 Å². The van der Waals surface area contributed by atoms with Crippen LogP contribution in [0.5, 0.6) is 0 Å². The van der Waals surface area contributed by atoms with E-state index in [1.807, 2.05) is 30.5 Å². The molecule has 0 radical (unpaired) electrons. The van der Waals surface area contributed by atoms with Gasteiger partial charge in [-0.2, -0.15) is 11.8 Å². The smallest absolute Gasteiger partial charge is 0.236 e. The van der Waals surface area contributed by atoms with Crippen molar-refractivity contribution in [1.82, 2.24) is 10.2 Å². The number of carbonyl (C=O) groups is 1. The van der Waals surface area contributed by atoms with Crippen molar-refractivity contribution in [1.29, 1.82) is 0 Å². The Hall–Kier alpha value is -0.220. The molecule has 0 fully saturated rings. The van der Waals surface area contributed by atoms with Crippen molar-refractivity contribution in [3.63, 3.8) is 0 Å². The molecule has 0 bridgehead atoms. The number of amides is 1. The molecule has 1 atom stereocenters. The zero-order valence-corrected chi connectivity index (χ0v) is 11.2. The molecular weight excluding hydrogens is 208 g/mol. The van der Waals surface area contributed by atoms with Crippen molar-refractivity contribution in [2.24, 2.45) is 5.92 Å². The average Bonchev–Trinajstić information content (AvgIpc) is 2.20. The summed E-state index contributed by atoms with van der Waals surface area (Å²) in [5.41, 5.74) is 0. The van der Waals surface area contributed by atoms with Crippen molar-refractivity contribution in [2.45, 2.75) is 20.8 Å². The van der Waals surface area contributed by atoms with Gasteiger partial charge in [0.2, 0.25) is 5.91 Å². The number of likely N-dealkylation sites (N-methyl/N-ethyl adjacent to an activating group) is 1. The molecule has 90 valence electrons. The number of nitrogens with one attached hydrogen (secondary N) is 1. The van der Waals surface area contributed by atoms with Crippen molar-refractivity contribution in [3.8, 4) is 0 Å².